The first-order valence-electron chi connectivity index (χ1n) is 10.2. The number of nitrogens with zero attached hydrogens (tertiary/aromatic N) is 1. The Labute approximate surface area is 173 Å². The molecular formula is C24H30N2O3. The summed E-state index contributed by atoms with van der Waals surface area (Å²) in [4.78, 5) is 27.5. The lowest BCUT2D eigenvalue weighted by Crippen LogP contribution is -2.53. The van der Waals surface area contributed by atoms with Gasteiger partial charge in [0.25, 0.3) is 0 Å². The number of nitrogens with one attached hydrogen (secondary N) is 1. The first-order chi connectivity index (χ1) is 13.8. The number of likely N-dealkylation sites (tertiary alicyclic amines) is 1. The minimum atomic E-state index is -0.644. The number of benzene rings is 2. The summed E-state index contributed by atoms with van der Waals surface area (Å²) in [6, 6.07) is 19.8. The maximum absolute atomic E-state index is 13.4. The van der Waals surface area contributed by atoms with Crippen LogP contribution >= 0.6 is 0 Å². The van der Waals surface area contributed by atoms with Crippen molar-refractivity contribution in [1.29, 1.82) is 0 Å². The maximum Gasteiger partial charge on any atom is 0.410 e. The zero-order valence-corrected chi connectivity index (χ0v) is 17.5. The molecule has 154 valence electrons. The normalized spacial score (nSPS) is 16.2. The van der Waals surface area contributed by atoms with Gasteiger partial charge in [-0.25, -0.2) is 4.79 Å². The Kier molecular flexibility index (Phi) is 6.26. The van der Waals surface area contributed by atoms with E-state index in [0.717, 1.165) is 11.1 Å². The zero-order chi connectivity index (χ0) is 20.9. The van der Waals surface area contributed by atoms with Gasteiger partial charge in [-0.15, -0.1) is 0 Å². The van der Waals surface area contributed by atoms with Crippen molar-refractivity contribution in [2.24, 2.45) is 0 Å². The van der Waals surface area contributed by atoms with Gasteiger partial charge in [-0.3, -0.25) is 4.79 Å². The molecule has 0 aromatic heterocycles. The molecule has 5 heteroatoms. The summed E-state index contributed by atoms with van der Waals surface area (Å²) in [5, 5.41) is 3.12. The number of ether oxygens (including phenoxy) is 1. The summed E-state index contributed by atoms with van der Waals surface area (Å²) >= 11 is 0. The molecular weight excluding hydrogens is 364 g/mol. The molecule has 0 radical (unpaired) electrons. The fourth-order valence-corrected chi connectivity index (χ4v) is 3.75. The molecule has 2 aromatic rings. The fourth-order valence-electron chi connectivity index (χ4n) is 3.75. The predicted molar refractivity (Wildman–Crippen MR) is 113 cm³/mol. The van der Waals surface area contributed by atoms with Crippen molar-refractivity contribution >= 4 is 12.0 Å². The molecule has 2 aromatic carbocycles. The molecule has 0 bridgehead atoms. The highest BCUT2D eigenvalue weighted by molar-refractivity contribution is 5.88. The van der Waals surface area contributed by atoms with Crippen LogP contribution in [-0.4, -0.2) is 35.6 Å². The van der Waals surface area contributed by atoms with Gasteiger partial charge in [0.1, 0.15) is 5.60 Å². The Morgan fingerprint density at radius 1 is 0.966 bits per heavy atom. The molecule has 5 nitrogen and oxygen atoms in total. The maximum atomic E-state index is 13.4. The fraction of sp³-hybridized carbons (Fsp3) is 0.417. The molecule has 0 atom stereocenters. The molecule has 0 saturated carbocycles. The van der Waals surface area contributed by atoms with E-state index in [1.807, 2.05) is 81.4 Å². The van der Waals surface area contributed by atoms with Gasteiger partial charge < -0.3 is 15.0 Å². The minimum Gasteiger partial charge on any atom is -0.444 e. The van der Waals surface area contributed by atoms with Gasteiger partial charge in [0.2, 0.25) is 5.91 Å². The Morgan fingerprint density at radius 2 is 1.52 bits per heavy atom. The van der Waals surface area contributed by atoms with Crippen LogP contribution in [0.2, 0.25) is 0 Å². The van der Waals surface area contributed by atoms with Crippen LogP contribution in [0.1, 0.15) is 44.7 Å². The Bertz CT molecular complexity index is 820. The standard InChI is InChI=1S/C24H30N2O3/c1-23(2,3)29-22(28)26-16-14-24(15-17-26,20-12-8-5-9-13-20)21(27)25-18-19-10-6-4-7-11-19/h4-13H,14-18H2,1-3H3,(H,25,27). The number of piperidine rings is 1. The number of carbonyl (C=O) groups is 2. The van der Waals surface area contributed by atoms with E-state index in [4.69, 9.17) is 4.74 Å². The van der Waals surface area contributed by atoms with Crippen molar-refractivity contribution < 1.29 is 14.3 Å². The summed E-state index contributed by atoms with van der Waals surface area (Å²) in [5.41, 5.74) is 0.886. The average Bonchev–Trinajstić information content (AvgIpc) is 2.72. The summed E-state index contributed by atoms with van der Waals surface area (Å²) in [7, 11) is 0. The van der Waals surface area contributed by atoms with E-state index >= 15 is 0 Å². The molecule has 1 aliphatic heterocycles. The molecule has 1 N–H and O–H groups in total. The van der Waals surface area contributed by atoms with Crippen LogP contribution in [0.4, 0.5) is 4.79 Å². The van der Waals surface area contributed by atoms with Gasteiger partial charge in [-0.2, -0.15) is 0 Å². The van der Waals surface area contributed by atoms with Crippen molar-refractivity contribution in [2.45, 2.75) is 51.2 Å². The molecule has 0 unspecified atom stereocenters. The molecule has 0 aliphatic carbocycles. The zero-order valence-electron chi connectivity index (χ0n) is 17.5. The highest BCUT2D eigenvalue weighted by Crippen LogP contribution is 2.36. The van der Waals surface area contributed by atoms with Gasteiger partial charge in [0.05, 0.1) is 5.41 Å². The van der Waals surface area contributed by atoms with Crippen LogP contribution in [0.3, 0.4) is 0 Å². The second-order valence-electron chi connectivity index (χ2n) is 8.58. The lowest BCUT2D eigenvalue weighted by molar-refractivity contribution is -0.128. The monoisotopic (exact) mass is 394 g/mol. The van der Waals surface area contributed by atoms with Gasteiger partial charge in [0, 0.05) is 19.6 Å². The second-order valence-corrected chi connectivity index (χ2v) is 8.58. The highest BCUT2D eigenvalue weighted by atomic mass is 16.6. The van der Waals surface area contributed by atoms with E-state index in [1.54, 1.807) is 4.90 Å². The van der Waals surface area contributed by atoms with E-state index in [0.29, 0.717) is 32.5 Å². The van der Waals surface area contributed by atoms with Gasteiger partial charge in [0.15, 0.2) is 0 Å². The molecule has 1 fully saturated rings. The Hall–Kier alpha value is -2.82. The Balaban J connectivity index is 1.74. The number of carbonyl (C=O) groups excluding carboxylic acids is 2. The van der Waals surface area contributed by atoms with E-state index in [-0.39, 0.29) is 12.0 Å². The lowest BCUT2D eigenvalue weighted by atomic mass is 9.72. The molecule has 0 spiro atoms. The van der Waals surface area contributed by atoms with Crippen LogP contribution in [0.15, 0.2) is 60.7 Å². The topological polar surface area (TPSA) is 58.6 Å². The largest absolute Gasteiger partial charge is 0.444 e. The molecule has 1 heterocycles. The summed E-state index contributed by atoms with van der Waals surface area (Å²) in [6.07, 6.45) is 0.817. The van der Waals surface area contributed by atoms with Crippen LogP contribution in [0.5, 0.6) is 0 Å². The molecule has 2 amide bonds. The third kappa shape index (κ3) is 5.17. The number of hydrogen-bond donors (Lipinski definition) is 1. The average molecular weight is 395 g/mol. The third-order valence-electron chi connectivity index (χ3n) is 5.33. The van der Waals surface area contributed by atoms with Crippen LogP contribution in [-0.2, 0) is 21.5 Å². The summed E-state index contributed by atoms with van der Waals surface area (Å²) in [5.74, 6) is 0.0105. The Morgan fingerprint density at radius 3 is 2.07 bits per heavy atom. The second kappa shape index (κ2) is 8.68. The smallest absolute Gasteiger partial charge is 0.410 e. The van der Waals surface area contributed by atoms with E-state index in [1.165, 1.54) is 0 Å². The first-order valence-corrected chi connectivity index (χ1v) is 10.2. The van der Waals surface area contributed by atoms with Gasteiger partial charge in [-0.05, 0) is 44.7 Å². The minimum absolute atomic E-state index is 0.0105. The van der Waals surface area contributed by atoms with Crippen LogP contribution in [0.25, 0.3) is 0 Å². The third-order valence-corrected chi connectivity index (χ3v) is 5.33. The van der Waals surface area contributed by atoms with Crippen molar-refractivity contribution in [3.63, 3.8) is 0 Å². The molecule has 1 aliphatic rings. The SMILES string of the molecule is CC(C)(C)OC(=O)N1CCC(C(=O)NCc2ccccc2)(c2ccccc2)CC1. The lowest BCUT2D eigenvalue weighted by Gasteiger charge is -2.41. The van der Waals surface area contributed by atoms with E-state index < -0.39 is 11.0 Å². The predicted octanol–water partition coefficient (Wildman–Crippen LogP) is 4.27. The highest BCUT2D eigenvalue weighted by Gasteiger charge is 2.44. The van der Waals surface area contributed by atoms with Crippen molar-refractivity contribution in [1.82, 2.24) is 10.2 Å². The van der Waals surface area contributed by atoms with Gasteiger partial charge in [-0.1, -0.05) is 60.7 Å². The molecule has 3 rings (SSSR count). The van der Waals surface area contributed by atoms with Gasteiger partial charge >= 0.3 is 6.09 Å². The molecule has 1 saturated heterocycles. The summed E-state index contributed by atoms with van der Waals surface area (Å²) < 4.78 is 5.50. The number of amides is 2. The van der Waals surface area contributed by atoms with E-state index in [2.05, 4.69) is 5.32 Å². The van der Waals surface area contributed by atoms with Crippen molar-refractivity contribution in [3.05, 3.63) is 71.8 Å². The van der Waals surface area contributed by atoms with Crippen LogP contribution in [0, 0.1) is 0 Å². The first kappa shape index (κ1) is 20.9. The summed E-state index contributed by atoms with van der Waals surface area (Å²) in [6.45, 7) is 7.05. The van der Waals surface area contributed by atoms with Crippen LogP contribution < -0.4 is 5.32 Å². The number of rotatable bonds is 4. The van der Waals surface area contributed by atoms with E-state index in [9.17, 15) is 9.59 Å². The molecule has 29 heavy (non-hydrogen) atoms. The van der Waals surface area contributed by atoms with Crippen molar-refractivity contribution in [3.8, 4) is 0 Å². The number of hydrogen-bond acceptors (Lipinski definition) is 3. The quantitative estimate of drug-likeness (QED) is 0.842. The van der Waals surface area contributed by atoms with Crippen molar-refractivity contribution in [2.75, 3.05) is 13.1 Å².